The molecule has 12 heteroatoms. The highest BCUT2D eigenvalue weighted by molar-refractivity contribution is 4.96. The van der Waals surface area contributed by atoms with Gasteiger partial charge in [0.05, 0.1) is 32.5 Å². The first kappa shape index (κ1) is 78.5. The highest BCUT2D eigenvalue weighted by atomic mass is 16.5. The van der Waals surface area contributed by atoms with Crippen molar-refractivity contribution in [3.8, 4) is 0 Å². The van der Waals surface area contributed by atoms with E-state index in [1.54, 1.807) is 0 Å². The number of hydrogen-bond acceptors (Lipinski definition) is 12. The van der Waals surface area contributed by atoms with Gasteiger partial charge in [-0.2, -0.15) is 0 Å². The summed E-state index contributed by atoms with van der Waals surface area (Å²) in [6, 6.07) is 1.66. The Hall–Kier alpha value is -0.480. The number of rotatable bonds is 6. The standard InChI is InChI=1S/C6H12O.C6H12.5C5H11N.3C5H10O.C5H10.2C4H9N.C4H8O/c1-6-2-4-7-5-3-6;1-2-6-4-3-5-6;1-5-3-6(2)4-5;1-4-2-5(6)3-4;1-2-5-3-6-4-5;1-2-5(6)3-4-5;1-2-4-3-5(4)6;1-4-2-5(6)3-4;1-5-2-3-6-4-5;1-2-5-3-6-4-5;1-2-5-3-4-5;1-4-2-5-3-4;1-3-2-4(3)5;1-4-2-5-3-4/h6H,2-5H2,1H3;6H,2-5H2,1H3;5H,3-4H2,1-2H3;4-5H,2-3,6H2,1H3;5-6H,2-4H2,1H3;2-4,6H2,1H3;4-5H,2-3,6H2,1H3;4-6H,2-3H2,1H3;2*5H,2-4H2,1H3;5H,2-4H2,1H3;4-5H,2-3H2,1H3;3-4H,2,5H2,1H3;4H,2-3H2,1H3. The van der Waals surface area contributed by atoms with Gasteiger partial charge in [0.25, 0.3) is 0 Å². The molecular weight excluding hydrogens is 1010 g/mol. The second-order valence-electron chi connectivity index (χ2n) is 28.5. The van der Waals surface area contributed by atoms with Crippen LogP contribution < -0.4 is 33.6 Å². The lowest BCUT2D eigenvalue weighted by atomic mass is 9.83. The summed E-state index contributed by atoms with van der Waals surface area (Å²) in [5.41, 5.74) is 22.2. The van der Waals surface area contributed by atoms with Gasteiger partial charge in [-0.3, -0.25) is 0 Å². The SMILES string of the molecule is CC1CC(N)C1.CC1CC(O)C1.CC1CC1N.CC1CCOC1.CC1CCOCC1.CC1CN(C)C1.CC1CNC1.CC1COC1.CCC1(N)CC1.CCC1CC1.CCC1CC1N.CCC1CCC1.CCC1CNC1.CCC1COC1. The molecule has 5 atom stereocenters. The van der Waals surface area contributed by atoms with E-state index in [-0.39, 0.29) is 6.10 Å². The second kappa shape index (κ2) is 47.6. The smallest absolute Gasteiger partial charge is 0.0545 e. The van der Waals surface area contributed by atoms with Crippen LogP contribution in [0.1, 0.15) is 238 Å². The van der Waals surface area contributed by atoms with Crippen LogP contribution in [0, 0.1) is 76.9 Å². The molecule has 7 aliphatic carbocycles. The lowest BCUT2D eigenvalue weighted by Gasteiger charge is -2.33. The monoisotopic (exact) mass is 1150 g/mol. The average molecular weight is 1150 g/mol. The summed E-state index contributed by atoms with van der Waals surface area (Å²) in [4.78, 5) is 2.32. The van der Waals surface area contributed by atoms with Crippen molar-refractivity contribution in [1.82, 2.24) is 15.5 Å². The molecule has 7 aliphatic heterocycles. The van der Waals surface area contributed by atoms with Crippen molar-refractivity contribution in [3.63, 3.8) is 0 Å². The summed E-state index contributed by atoms with van der Waals surface area (Å²) in [7, 11) is 2.15. The van der Waals surface area contributed by atoms with Gasteiger partial charge in [0.2, 0.25) is 0 Å². The van der Waals surface area contributed by atoms with Crippen LogP contribution in [0.2, 0.25) is 0 Å². The molecule has 14 rings (SSSR count). The van der Waals surface area contributed by atoms with Crippen LogP contribution in [0.3, 0.4) is 0 Å². The summed E-state index contributed by atoms with van der Waals surface area (Å²) in [5, 5.41) is 15.0. The van der Waals surface area contributed by atoms with E-state index in [1.807, 2.05) is 0 Å². The fraction of sp³-hybridized carbons (Fsp3) is 1.00. The zero-order valence-corrected chi connectivity index (χ0v) is 56.6. The molecule has 0 amide bonds. The fourth-order valence-corrected chi connectivity index (χ4v) is 9.28. The van der Waals surface area contributed by atoms with E-state index in [9.17, 15) is 0 Å². The number of nitrogens with one attached hydrogen (secondary N) is 2. The maximum atomic E-state index is 8.62. The Bertz CT molecular complexity index is 1230. The van der Waals surface area contributed by atoms with E-state index in [1.165, 1.54) is 161 Å². The van der Waals surface area contributed by atoms with Gasteiger partial charge >= 0.3 is 0 Å². The maximum absolute atomic E-state index is 8.62. The maximum Gasteiger partial charge on any atom is 0.0545 e. The van der Waals surface area contributed by atoms with Gasteiger partial charge in [0.1, 0.15) is 0 Å². The van der Waals surface area contributed by atoms with Crippen molar-refractivity contribution in [3.05, 3.63) is 0 Å². The number of ether oxygens (including phenoxy) is 4. The van der Waals surface area contributed by atoms with Crippen molar-refractivity contribution >= 4 is 0 Å². The number of likely N-dealkylation sites (tertiary alicyclic amines) is 1. The van der Waals surface area contributed by atoms with E-state index in [0.29, 0.717) is 23.7 Å². The number of aliphatic hydroxyl groups excluding tert-OH is 1. The molecule has 486 valence electrons. The van der Waals surface area contributed by atoms with Gasteiger partial charge in [0, 0.05) is 75.0 Å². The first-order chi connectivity index (χ1) is 38.6. The predicted molar refractivity (Wildman–Crippen MR) is 350 cm³/mol. The molecule has 0 radical (unpaired) electrons. The molecule has 14 fully saturated rings. The molecule has 7 saturated heterocycles. The van der Waals surface area contributed by atoms with Gasteiger partial charge in [-0.25, -0.2) is 0 Å². The second-order valence-corrected chi connectivity index (χ2v) is 28.5. The molecule has 0 spiro atoms. The number of nitrogens with two attached hydrogens (primary N) is 4. The largest absolute Gasteiger partial charge is 0.393 e. The van der Waals surface area contributed by atoms with Crippen molar-refractivity contribution in [2.45, 2.75) is 268 Å². The van der Waals surface area contributed by atoms with Gasteiger partial charge in [0.15, 0.2) is 0 Å². The molecule has 7 saturated carbocycles. The van der Waals surface area contributed by atoms with Crippen molar-refractivity contribution < 1.29 is 24.1 Å². The highest BCUT2D eigenvalue weighted by Crippen LogP contribution is 2.35. The van der Waals surface area contributed by atoms with E-state index < -0.39 is 0 Å². The van der Waals surface area contributed by atoms with E-state index in [0.717, 1.165) is 149 Å². The van der Waals surface area contributed by atoms with Crippen LogP contribution >= 0.6 is 0 Å². The summed E-state index contributed by atoms with van der Waals surface area (Å²) < 4.78 is 20.0. The zero-order valence-electron chi connectivity index (χ0n) is 56.6. The van der Waals surface area contributed by atoms with Crippen LogP contribution in [0.5, 0.6) is 0 Å². The predicted octanol–water partition coefficient (Wildman–Crippen LogP) is 13.1. The number of hydrogen-bond donors (Lipinski definition) is 7. The molecule has 5 unspecified atom stereocenters. The highest BCUT2D eigenvalue weighted by Gasteiger charge is 2.35. The summed E-state index contributed by atoms with van der Waals surface area (Å²) in [6.07, 6.45) is 28.9. The van der Waals surface area contributed by atoms with Crippen molar-refractivity contribution in [2.24, 2.45) is 99.9 Å². The first-order valence-electron chi connectivity index (χ1n) is 34.7. The van der Waals surface area contributed by atoms with E-state index in [4.69, 9.17) is 47.0 Å². The molecule has 12 nitrogen and oxygen atoms in total. The minimum atomic E-state index is 0.0417. The van der Waals surface area contributed by atoms with Crippen LogP contribution in [-0.4, -0.2) is 139 Å². The lowest BCUT2D eigenvalue weighted by molar-refractivity contribution is -0.0331. The van der Waals surface area contributed by atoms with Crippen molar-refractivity contribution in [1.29, 1.82) is 0 Å². The van der Waals surface area contributed by atoms with E-state index >= 15 is 0 Å². The van der Waals surface area contributed by atoms with Gasteiger partial charge in [-0.15, -0.1) is 0 Å². The third-order valence-electron chi connectivity index (χ3n) is 18.5. The number of nitrogens with zero attached hydrogens (tertiary/aromatic N) is 1. The molecule has 0 aromatic rings. The van der Waals surface area contributed by atoms with Gasteiger partial charge in [-0.1, -0.05) is 155 Å². The fourth-order valence-electron chi connectivity index (χ4n) is 9.28. The minimum Gasteiger partial charge on any atom is -0.393 e. The first-order valence-corrected chi connectivity index (χ1v) is 34.7. The lowest BCUT2D eigenvalue weighted by Crippen LogP contribution is -2.41. The molecule has 14 aliphatic rings. The Kier molecular flexibility index (Phi) is 46.1. The minimum absolute atomic E-state index is 0.0417. The average Bonchev–Trinajstić information content (AvgIpc) is 4.27. The Morgan fingerprint density at radius 3 is 0.926 bits per heavy atom. The van der Waals surface area contributed by atoms with Gasteiger partial charge in [-0.05, 0) is 182 Å². The molecule has 11 N–H and O–H groups in total. The molecule has 81 heavy (non-hydrogen) atoms. The van der Waals surface area contributed by atoms with Crippen molar-refractivity contribution in [2.75, 3.05) is 99.2 Å². The molecule has 0 bridgehead atoms. The number of aliphatic hydroxyl groups is 1. The normalized spacial score (nSPS) is 31.5. The van der Waals surface area contributed by atoms with Crippen LogP contribution in [0.15, 0.2) is 0 Å². The molecule has 0 aromatic heterocycles. The van der Waals surface area contributed by atoms with Gasteiger partial charge < -0.3 is 62.5 Å². The summed E-state index contributed by atoms with van der Waals surface area (Å²) in [5.74, 6) is 12.1. The Balaban J connectivity index is 0.000000436. The molecule has 7 heterocycles. The molecule has 0 aromatic carbocycles. The van der Waals surface area contributed by atoms with E-state index in [2.05, 4.69) is 120 Å². The Labute approximate surface area is 504 Å². The summed E-state index contributed by atoms with van der Waals surface area (Å²) in [6.45, 7) is 46.6. The zero-order chi connectivity index (χ0) is 60.6. The Morgan fingerprint density at radius 1 is 0.457 bits per heavy atom. The van der Waals surface area contributed by atoms with Crippen LogP contribution in [0.25, 0.3) is 0 Å². The topological polar surface area (TPSA) is 189 Å². The third kappa shape index (κ3) is 46.4. The Morgan fingerprint density at radius 2 is 0.889 bits per heavy atom. The van der Waals surface area contributed by atoms with Crippen LogP contribution in [-0.2, 0) is 18.9 Å². The third-order valence-corrected chi connectivity index (χ3v) is 18.5. The summed E-state index contributed by atoms with van der Waals surface area (Å²) >= 11 is 0. The quantitative estimate of drug-likeness (QED) is 0.134. The van der Waals surface area contributed by atoms with Crippen LogP contribution in [0.4, 0.5) is 0 Å². The molecular formula is C69H145N7O5.